The molecular formula is C12H12INO2. The predicted octanol–water partition coefficient (Wildman–Crippen LogP) is 3.50. The van der Waals surface area contributed by atoms with Crippen LogP contribution in [0.5, 0.6) is 5.75 Å². The highest BCUT2D eigenvalue weighted by molar-refractivity contribution is 14.1. The summed E-state index contributed by atoms with van der Waals surface area (Å²) >= 11 is 2.15. The van der Waals surface area contributed by atoms with E-state index in [-0.39, 0.29) is 0 Å². The molecule has 0 atom stereocenters. The van der Waals surface area contributed by atoms with E-state index in [4.69, 9.17) is 9.15 Å². The summed E-state index contributed by atoms with van der Waals surface area (Å²) in [5, 5.41) is 3.27. The zero-order valence-corrected chi connectivity index (χ0v) is 11.0. The average molecular weight is 329 g/mol. The standard InChI is InChI=1S/C12H12INO2/c1-15-11-5-3-2-4-10(11)14-8-9-6-7-12(13)16-9/h2-7,14H,8H2,1H3. The molecule has 1 aromatic heterocycles. The van der Waals surface area contributed by atoms with E-state index in [1.165, 1.54) is 0 Å². The van der Waals surface area contributed by atoms with Crippen LogP contribution in [0, 0.1) is 3.77 Å². The van der Waals surface area contributed by atoms with Crippen molar-refractivity contribution in [1.29, 1.82) is 0 Å². The van der Waals surface area contributed by atoms with Crippen molar-refractivity contribution in [3.63, 3.8) is 0 Å². The lowest BCUT2D eigenvalue weighted by atomic mass is 10.3. The number of anilines is 1. The van der Waals surface area contributed by atoms with E-state index in [9.17, 15) is 0 Å². The zero-order valence-electron chi connectivity index (χ0n) is 8.87. The van der Waals surface area contributed by atoms with E-state index in [1.54, 1.807) is 7.11 Å². The lowest BCUT2D eigenvalue weighted by Gasteiger charge is -2.09. The number of ether oxygens (including phenoxy) is 1. The maximum absolute atomic E-state index is 5.46. The number of furan rings is 1. The Kier molecular flexibility index (Phi) is 3.71. The first-order valence-corrected chi connectivity index (χ1v) is 5.98. The third kappa shape index (κ3) is 2.69. The average Bonchev–Trinajstić information content (AvgIpc) is 2.73. The monoisotopic (exact) mass is 329 g/mol. The lowest BCUT2D eigenvalue weighted by molar-refractivity contribution is 0.416. The second-order valence-corrected chi connectivity index (χ2v) is 4.32. The van der Waals surface area contributed by atoms with Crippen LogP contribution >= 0.6 is 22.6 Å². The highest BCUT2D eigenvalue weighted by Gasteiger charge is 2.02. The van der Waals surface area contributed by atoms with Gasteiger partial charge in [-0.25, -0.2) is 0 Å². The first-order valence-electron chi connectivity index (χ1n) is 4.90. The molecule has 0 amide bonds. The fourth-order valence-corrected chi connectivity index (χ4v) is 1.88. The molecule has 2 rings (SSSR count). The van der Waals surface area contributed by atoms with Crippen molar-refractivity contribution in [2.24, 2.45) is 0 Å². The van der Waals surface area contributed by atoms with Gasteiger partial charge in [-0.1, -0.05) is 12.1 Å². The maximum atomic E-state index is 5.46. The molecule has 0 bridgehead atoms. The molecule has 0 unspecified atom stereocenters. The molecule has 16 heavy (non-hydrogen) atoms. The summed E-state index contributed by atoms with van der Waals surface area (Å²) in [5.41, 5.74) is 0.969. The normalized spacial score (nSPS) is 10.1. The topological polar surface area (TPSA) is 34.4 Å². The Hall–Kier alpha value is -1.17. The van der Waals surface area contributed by atoms with Crippen LogP contribution in [0.3, 0.4) is 0 Å². The van der Waals surface area contributed by atoms with Gasteiger partial charge >= 0.3 is 0 Å². The van der Waals surface area contributed by atoms with Gasteiger partial charge in [0.25, 0.3) is 0 Å². The van der Waals surface area contributed by atoms with E-state index in [2.05, 4.69) is 27.9 Å². The quantitative estimate of drug-likeness (QED) is 0.872. The van der Waals surface area contributed by atoms with Gasteiger partial charge in [-0.05, 0) is 46.9 Å². The van der Waals surface area contributed by atoms with Gasteiger partial charge in [-0.2, -0.15) is 0 Å². The third-order valence-corrected chi connectivity index (χ3v) is 2.77. The van der Waals surface area contributed by atoms with Crippen molar-refractivity contribution >= 4 is 28.3 Å². The molecule has 1 aromatic carbocycles. The van der Waals surface area contributed by atoms with E-state index in [0.717, 1.165) is 21.0 Å². The lowest BCUT2D eigenvalue weighted by Crippen LogP contribution is -2.00. The first-order chi connectivity index (χ1) is 7.79. The number of hydrogen-bond donors (Lipinski definition) is 1. The third-order valence-electron chi connectivity index (χ3n) is 2.19. The van der Waals surface area contributed by atoms with Crippen molar-refractivity contribution < 1.29 is 9.15 Å². The largest absolute Gasteiger partial charge is 0.495 e. The molecule has 84 valence electrons. The molecule has 0 spiro atoms. The minimum atomic E-state index is 0.656. The minimum absolute atomic E-state index is 0.656. The maximum Gasteiger partial charge on any atom is 0.164 e. The number of nitrogens with one attached hydrogen (secondary N) is 1. The summed E-state index contributed by atoms with van der Waals surface area (Å²) in [5.74, 6) is 1.75. The Labute approximate surface area is 108 Å². The van der Waals surface area contributed by atoms with Crippen LogP contribution in [0.2, 0.25) is 0 Å². The van der Waals surface area contributed by atoms with Crippen molar-refractivity contribution in [3.8, 4) is 5.75 Å². The van der Waals surface area contributed by atoms with E-state index < -0.39 is 0 Å². The second kappa shape index (κ2) is 5.25. The van der Waals surface area contributed by atoms with Gasteiger partial charge in [0.1, 0.15) is 11.5 Å². The molecule has 0 aliphatic rings. The molecule has 0 saturated carbocycles. The summed E-state index contributed by atoms with van der Waals surface area (Å²) in [4.78, 5) is 0. The van der Waals surface area contributed by atoms with Gasteiger partial charge in [0.2, 0.25) is 0 Å². The van der Waals surface area contributed by atoms with Crippen LogP contribution in [0.4, 0.5) is 5.69 Å². The molecular weight excluding hydrogens is 317 g/mol. The molecule has 1 N–H and O–H groups in total. The number of rotatable bonds is 4. The summed E-state index contributed by atoms with van der Waals surface area (Å²) in [6.07, 6.45) is 0. The molecule has 2 aromatic rings. The Morgan fingerprint density at radius 2 is 2.06 bits per heavy atom. The number of para-hydroxylation sites is 2. The van der Waals surface area contributed by atoms with Gasteiger partial charge in [-0.3, -0.25) is 0 Å². The zero-order chi connectivity index (χ0) is 11.4. The predicted molar refractivity (Wildman–Crippen MR) is 71.7 cm³/mol. The minimum Gasteiger partial charge on any atom is -0.495 e. The Morgan fingerprint density at radius 3 is 2.75 bits per heavy atom. The fourth-order valence-electron chi connectivity index (χ4n) is 1.42. The first kappa shape index (κ1) is 11.3. The molecule has 4 heteroatoms. The summed E-state index contributed by atoms with van der Waals surface area (Å²) in [6, 6.07) is 11.7. The van der Waals surface area contributed by atoms with Gasteiger partial charge in [-0.15, -0.1) is 0 Å². The van der Waals surface area contributed by atoms with Gasteiger partial charge in [0, 0.05) is 0 Å². The molecule has 0 aliphatic heterocycles. The van der Waals surface area contributed by atoms with E-state index in [1.807, 2.05) is 36.4 Å². The smallest absolute Gasteiger partial charge is 0.164 e. The van der Waals surface area contributed by atoms with Crippen LogP contribution in [0.25, 0.3) is 0 Å². The summed E-state index contributed by atoms with van der Waals surface area (Å²) < 4.78 is 11.6. The molecule has 1 heterocycles. The molecule has 0 fully saturated rings. The van der Waals surface area contributed by atoms with E-state index >= 15 is 0 Å². The highest BCUT2D eigenvalue weighted by atomic mass is 127. The fraction of sp³-hybridized carbons (Fsp3) is 0.167. The van der Waals surface area contributed by atoms with Gasteiger partial charge < -0.3 is 14.5 Å². The Balaban J connectivity index is 2.04. The Morgan fingerprint density at radius 1 is 1.25 bits per heavy atom. The van der Waals surface area contributed by atoms with Gasteiger partial charge in [0.15, 0.2) is 3.77 Å². The van der Waals surface area contributed by atoms with Crippen LogP contribution in [0.15, 0.2) is 40.8 Å². The number of hydrogen-bond acceptors (Lipinski definition) is 3. The SMILES string of the molecule is COc1ccccc1NCc1ccc(I)o1. The van der Waals surface area contributed by atoms with Crippen molar-refractivity contribution in [1.82, 2.24) is 0 Å². The van der Waals surface area contributed by atoms with Crippen LogP contribution in [0.1, 0.15) is 5.76 Å². The van der Waals surface area contributed by atoms with Crippen LogP contribution in [-0.2, 0) is 6.54 Å². The molecule has 0 radical (unpaired) electrons. The molecule has 0 saturated heterocycles. The second-order valence-electron chi connectivity index (χ2n) is 3.26. The van der Waals surface area contributed by atoms with E-state index in [0.29, 0.717) is 6.54 Å². The number of halogens is 1. The Bertz CT molecular complexity index is 468. The number of methoxy groups -OCH3 is 1. The molecule has 0 aliphatic carbocycles. The van der Waals surface area contributed by atoms with Crippen molar-refractivity contribution in [2.45, 2.75) is 6.54 Å². The highest BCUT2D eigenvalue weighted by Crippen LogP contribution is 2.23. The summed E-state index contributed by atoms with van der Waals surface area (Å²) in [6.45, 7) is 0.656. The van der Waals surface area contributed by atoms with Crippen molar-refractivity contribution in [2.75, 3.05) is 12.4 Å². The number of benzene rings is 1. The van der Waals surface area contributed by atoms with Crippen LogP contribution < -0.4 is 10.1 Å². The van der Waals surface area contributed by atoms with Gasteiger partial charge in [0.05, 0.1) is 19.3 Å². The molecule has 3 nitrogen and oxygen atoms in total. The van der Waals surface area contributed by atoms with Crippen LogP contribution in [-0.4, -0.2) is 7.11 Å². The summed E-state index contributed by atoms with van der Waals surface area (Å²) in [7, 11) is 1.66. The van der Waals surface area contributed by atoms with Crippen molar-refractivity contribution in [3.05, 3.63) is 45.9 Å².